The predicted octanol–water partition coefficient (Wildman–Crippen LogP) is 7.94. The molecular formula is C43H72O11. The molecule has 1 N–H and O–H groups in total. The maximum absolute atomic E-state index is 13.3. The molecule has 0 aromatic rings. The zero-order valence-corrected chi connectivity index (χ0v) is 34.9. The molecule has 4 fully saturated rings. The van der Waals surface area contributed by atoms with E-state index in [-0.39, 0.29) is 56.0 Å². The average molecular weight is 765 g/mol. The van der Waals surface area contributed by atoms with E-state index in [4.69, 9.17) is 28.4 Å². The van der Waals surface area contributed by atoms with Crippen molar-refractivity contribution in [2.45, 2.75) is 218 Å². The summed E-state index contributed by atoms with van der Waals surface area (Å²) in [5, 5.41) is 12.3. The Morgan fingerprint density at radius 3 is 1.80 bits per heavy atom. The Kier molecular flexibility index (Phi) is 15.5. The highest BCUT2D eigenvalue weighted by atomic mass is 16.7. The molecule has 0 unspecified atom stereocenters. The molecule has 11 nitrogen and oxygen atoms in total. The van der Waals surface area contributed by atoms with Gasteiger partial charge in [0.1, 0.15) is 35.1 Å². The van der Waals surface area contributed by atoms with Gasteiger partial charge in [0.15, 0.2) is 6.10 Å². The number of aliphatic hydroxyl groups is 1. The molecule has 0 radical (unpaired) electrons. The molecule has 4 rings (SSSR count). The second-order valence-corrected chi connectivity index (χ2v) is 18.0. The van der Waals surface area contributed by atoms with Gasteiger partial charge >= 0.3 is 23.9 Å². The second kappa shape index (κ2) is 18.8. The summed E-state index contributed by atoms with van der Waals surface area (Å²) in [7, 11) is 0. The molecule has 3 saturated heterocycles. The summed E-state index contributed by atoms with van der Waals surface area (Å²) in [6, 6.07) is 0. The van der Waals surface area contributed by atoms with Crippen LogP contribution in [0.3, 0.4) is 0 Å². The zero-order chi connectivity index (χ0) is 39.9. The number of epoxide rings is 1. The lowest BCUT2D eigenvalue weighted by molar-refractivity contribution is -0.209. The Balaban J connectivity index is 1.50. The number of carbonyl (C=O) groups is 4. The molecule has 0 amide bonds. The highest BCUT2D eigenvalue weighted by molar-refractivity contribution is 5.70. The summed E-state index contributed by atoms with van der Waals surface area (Å²) >= 11 is 0. The second-order valence-electron chi connectivity index (χ2n) is 18.0. The summed E-state index contributed by atoms with van der Waals surface area (Å²) in [5.74, 6) is -3.17. The van der Waals surface area contributed by atoms with Crippen LogP contribution in [0.15, 0.2) is 0 Å². The molecule has 0 aromatic carbocycles. The van der Waals surface area contributed by atoms with Crippen LogP contribution in [0.4, 0.5) is 0 Å². The summed E-state index contributed by atoms with van der Waals surface area (Å²) in [4.78, 5) is 51.3. The van der Waals surface area contributed by atoms with E-state index in [1.165, 1.54) is 85.0 Å². The van der Waals surface area contributed by atoms with Crippen molar-refractivity contribution < 1.29 is 52.7 Å². The van der Waals surface area contributed by atoms with Gasteiger partial charge in [0.2, 0.25) is 0 Å². The Labute approximate surface area is 324 Å². The quantitative estimate of drug-likeness (QED) is 0.0592. The summed E-state index contributed by atoms with van der Waals surface area (Å²) in [6.07, 6.45) is 13.2. The van der Waals surface area contributed by atoms with Crippen LogP contribution in [-0.2, 0) is 47.6 Å². The van der Waals surface area contributed by atoms with Crippen molar-refractivity contribution >= 4 is 23.9 Å². The minimum absolute atomic E-state index is 0.0749. The van der Waals surface area contributed by atoms with Crippen molar-refractivity contribution in [1.82, 2.24) is 0 Å². The highest BCUT2D eigenvalue weighted by Gasteiger charge is 2.79. The van der Waals surface area contributed by atoms with E-state index in [1.54, 1.807) is 6.92 Å². The van der Waals surface area contributed by atoms with Gasteiger partial charge in [-0.05, 0) is 46.0 Å². The van der Waals surface area contributed by atoms with E-state index >= 15 is 0 Å². The number of unbranched alkanes of at least 4 members (excludes halogenated alkanes) is 12. The van der Waals surface area contributed by atoms with Gasteiger partial charge in [0.05, 0.1) is 12.2 Å². The van der Waals surface area contributed by atoms with Crippen molar-refractivity contribution in [1.29, 1.82) is 0 Å². The maximum atomic E-state index is 13.3. The lowest BCUT2D eigenvalue weighted by Gasteiger charge is -2.53. The van der Waals surface area contributed by atoms with Gasteiger partial charge in [-0.1, -0.05) is 97.8 Å². The molecule has 54 heavy (non-hydrogen) atoms. The monoisotopic (exact) mass is 765 g/mol. The number of carbonyl (C=O) groups excluding carboxylic acids is 4. The molecule has 0 aromatic heterocycles. The first-order valence-electron chi connectivity index (χ1n) is 21.2. The van der Waals surface area contributed by atoms with Crippen molar-refractivity contribution in [3.8, 4) is 0 Å². The third-order valence-corrected chi connectivity index (χ3v) is 12.8. The van der Waals surface area contributed by atoms with Crippen molar-refractivity contribution in [2.24, 2.45) is 23.7 Å². The minimum Gasteiger partial charge on any atom is -0.459 e. The first-order valence-corrected chi connectivity index (χ1v) is 21.2. The van der Waals surface area contributed by atoms with Crippen LogP contribution in [-0.4, -0.2) is 82.4 Å². The SMILES string of the molecule is CCCCCCCCCCCCCCCC(=O)O[C@H]1CC[C@@](C)(OC(C)=O)[C@@H]2O[C@](C)(C[C@]1(C)O)[C@@H]1[C@H]2[C@@H](C(C)C)[C@H](OC(C)=O)[C@H](OC(C)=O)[C@@]12CO2. The molecule has 4 aliphatic rings. The van der Waals surface area contributed by atoms with E-state index in [1.807, 2.05) is 27.7 Å². The molecule has 11 atom stereocenters. The first-order chi connectivity index (χ1) is 25.4. The van der Waals surface area contributed by atoms with Gasteiger partial charge in [-0.2, -0.15) is 0 Å². The van der Waals surface area contributed by atoms with Crippen molar-refractivity contribution in [3.05, 3.63) is 0 Å². The molecule has 1 aliphatic carbocycles. The Morgan fingerprint density at radius 1 is 0.778 bits per heavy atom. The molecule has 2 bridgehead atoms. The number of hydrogen-bond donors (Lipinski definition) is 1. The van der Waals surface area contributed by atoms with Crippen LogP contribution in [0.5, 0.6) is 0 Å². The number of fused-ring (bicyclic) bond motifs is 6. The van der Waals surface area contributed by atoms with E-state index in [0.29, 0.717) is 0 Å². The topological polar surface area (TPSA) is 147 Å². The zero-order valence-electron chi connectivity index (χ0n) is 34.9. The minimum atomic E-state index is -1.53. The average Bonchev–Trinajstić information content (AvgIpc) is 3.77. The van der Waals surface area contributed by atoms with Gasteiger partial charge in [-0.25, -0.2) is 0 Å². The molecule has 3 heterocycles. The third-order valence-electron chi connectivity index (χ3n) is 12.8. The fourth-order valence-corrected chi connectivity index (χ4v) is 10.6. The van der Waals surface area contributed by atoms with Gasteiger partial charge in [0, 0.05) is 51.4 Å². The van der Waals surface area contributed by atoms with E-state index in [0.717, 1.165) is 19.3 Å². The Bertz CT molecular complexity index is 1280. The number of rotatable bonds is 19. The van der Waals surface area contributed by atoms with Crippen LogP contribution >= 0.6 is 0 Å². The van der Waals surface area contributed by atoms with Gasteiger partial charge < -0.3 is 33.5 Å². The summed E-state index contributed by atoms with van der Waals surface area (Å²) in [5.41, 5.74) is -4.91. The molecule has 1 spiro atoms. The lowest BCUT2D eigenvalue weighted by atomic mass is 9.53. The maximum Gasteiger partial charge on any atom is 0.306 e. The molecule has 1 saturated carbocycles. The molecular weight excluding hydrogens is 692 g/mol. The van der Waals surface area contributed by atoms with Gasteiger partial charge in [-0.3, -0.25) is 19.2 Å². The predicted molar refractivity (Wildman–Crippen MR) is 203 cm³/mol. The molecule has 11 heteroatoms. The fraction of sp³-hybridized carbons (Fsp3) is 0.907. The van der Waals surface area contributed by atoms with Crippen LogP contribution < -0.4 is 0 Å². The summed E-state index contributed by atoms with van der Waals surface area (Å²) in [6.45, 7) is 16.0. The van der Waals surface area contributed by atoms with E-state index in [9.17, 15) is 24.3 Å². The highest BCUT2D eigenvalue weighted by Crippen LogP contribution is 2.66. The van der Waals surface area contributed by atoms with Crippen molar-refractivity contribution in [3.63, 3.8) is 0 Å². The number of hydrogen-bond acceptors (Lipinski definition) is 11. The van der Waals surface area contributed by atoms with Crippen LogP contribution in [0.1, 0.15) is 171 Å². The fourth-order valence-electron chi connectivity index (χ4n) is 10.6. The van der Waals surface area contributed by atoms with Gasteiger partial charge in [0.25, 0.3) is 0 Å². The number of esters is 4. The Hall–Kier alpha value is -2.24. The first kappa shape index (κ1) is 44.5. The summed E-state index contributed by atoms with van der Waals surface area (Å²) < 4.78 is 37.7. The van der Waals surface area contributed by atoms with Crippen LogP contribution in [0.25, 0.3) is 0 Å². The smallest absolute Gasteiger partial charge is 0.306 e. The van der Waals surface area contributed by atoms with Crippen molar-refractivity contribution in [2.75, 3.05) is 6.61 Å². The van der Waals surface area contributed by atoms with E-state index in [2.05, 4.69) is 6.92 Å². The third kappa shape index (κ3) is 10.6. The largest absolute Gasteiger partial charge is 0.459 e. The van der Waals surface area contributed by atoms with Gasteiger partial charge in [-0.15, -0.1) is 0 Å². The standard InChI is InChI=1S/C43H72O11/c1-10-11-12-13-14-15-16-17-18-19-20-21-22-23-33(47)52-32-24-25-41(8,53-31(6)46)38-35-34(28(2)3)36(50-29(4)44)39(51-30(5)45)43(27-49-43)37(35)42(9,54-38)26-40(32,7)48/h28,32,34-39,48H,10-27H2,1-9H3/t32-,34+,35+,36-,37-,38+,39-,40-,41+,42+,43+/m0/s1. The lowest BCUT2D eigenvalue weighted by Crippen LogP contribution is -2.66. The molecule has 310 valence electrons. The Morgan fingerprint density at radius 2 is 1.31 bits per heavy atom. The normalized spacial score (nSPS) is 37.1. The van der Waals surface area contributed by atoms with Crippen LogP contribution in [0.2, 0.25) is 0 Å². The van der Waals surface area contributed by atoms with E-state index < -0.39 is 70.6 Å². The van der Waals surface area contributed by atoms with Crippen LogP contribution in [0, 0.1) is 23.7 Å². The number of ether oxygens (including phenoxy) is 6. The molecule has 3 aliphatic heterocycles.